The summed E-state index contributed by atoms with van der Waals surface area (Å²) in [6.07, 6.45) is 2.58. The average molecular weight is 148 g/mol. The summed E-state index contributed by atoms with van der Waals surface area (Å²) >= 11 is 0. The lowest BCUT2D eigenvalue weighted by atomic mass is 10.3. The van der Waals surface area contributed by atoms with E-state index in [1.807, 2.05) is 24.3 Å². The largest absolute Gasteiger partial charge is 0.495 e. The van der Waals surface area contributed by atoms with Gasteiger partial charge in [-0.15, -0.1) is 0 Å². The number of ether oxygens (including phenoxy) is 1. The highest BCUT2D eigenvalue weighted by molar-refractivity contribution is 5.56. The first-order valence-electron chi connectivity index (χ1n) is 3.29. The Morgan fingerprint density at radius 3 is 2.82 bits per heavy atom. The summed E-state index contributed by atoms with van der Waals surface area (Å²) in [4.78, 5) is 0. The van der Waals surface area contributed by atoms with Crippen LogP contribution in [0.5, 0.6) is 5.75 Å². The first kappa shape index (κ1) is 7.66. The zero-order chi connectivity index (χ0) is 8.10. The number of hydrogen-bond acceptors (Lipinski definition) is 2. The summed E-state index contributed by atoms with van der Waals surface area (Å²) in [6.45, 7) is 3.44. The van der Waals surface area contributed by atoms with Crippen LogP contribution in [0.3, 0.4) is 0 Å². The molecule has 0 unspecified atom stereocenters. The third-order valence-electron chi connectivity index (χ3n) is 1.33. The summed E-state index contributed by atoms with van der Waals surface area (Å²) in [6, 6.07) is 7.60. The fourth-order valence-corrected chi connectivity index (χ4v) is 0.843. The molecular weight excluding hydrogens is 138 g/mol. The Labute approximate surface area is 66.5 Å². The van der Waals surface area contributed by atoms with E-state index in [0.29, 0.717) is 0 Å². The van der Waals surface area contributed by atoms with E-state index >= 15 is 0 Å². The van der Waals surface area contributed by atoms with Crippen LogP contribution in [0.15, 0.2) is 30.8 Å². The Morgan fingerprint density at radius 1 is 1.45 bits per heavy atom. The van der Waals surface area contributed by atoms with Crippen molar-refractivity contribution >= 4 is 5.69 Å². The molecule has 0 heterocycles. The fraction of sp³-hybridized carbons (Fsp3) is 0.111. The lowest BCUT2D eigenvalue weighted by molar-refractivity contribution is 0.417. The predicted molar refractivity (Wildman–Crippen MR) is 45.5 cm³/mol. The maximum Gasteiger partial charge on any atom is 0.142 e. The van der Waals surface area contributed by atoms with Crippen LogP contribution in [0, 0.1) is 6.20 Å². The third kappa shape index (κ3) is 1.74. The Hall–Kier alpha value is -1.44. The fourth-order valence-electron chi connectivity index (χ4n) is 0.843. The second-order valence-electron chi connectivity index (χ2n) is 2.00. The van der Waals surface area contributed by atoms with Gasteiger partial charge in [-0.2, -0.15) is 0 Å². The van der Waals surface area contributed by atoms with E-state index in [0.717, 1.165) is 11.4 Å². The van der Waals surface area contributed by atoms with Crippen molar-refractivity contribution in [1.29, 1.82) is 0 Å². The minimum absolute atomic E-state index is 0.795. The molecule has 0 aliphatic carbocycles. The van der Waals surface area contributed by atoms with E-state index < -0.39 is 0 Å². The lowest BCUT2D eigenvalue weighted by Gasteiger charge is -2.05. The maximum atomic E-state index is 5.07. The highest BCUT2D eigenvalue weighted by atomic mass is 16.5. The van der Waals surface area contributed by atoms with E-state index in [1.54, 1.807) is 7.11 Å². The van der Waals surface area contributed by atoms with Crippen LogP contribution in [-0.4, -0.2) is 7.11 Å². The molecule has 0 saturated heterocycles. The summed E-state index contributed by atoms with van der Waals surface area (Å²) < 4.78 is 5.07. The van der Waals surface area contributed by atoms with Gasteiger partial charge in [0.25, 0.3) is 0 Å². The van der Waals surface area contributed by atoms with Crippen molar-refractivity contribution < 1.29 is 4.74 Å². The molecular formula is C9H10NO. The number of anilines is 1. The van der Waals surface area contributed by atoms with Crippen molar-refractivity contribution in [2.75, 3.05) is 12.4 Å². The van der Waals surface area contributed by atoms with Gasteiger partial charge in [-0.3, -0.25) is 0 Å². The maximum absolute atomic E-state index is 5.07. The van der Waals surface area contributed by atoms with Crippen molar-refractivity contribution in [1.82, 2.24) is 0 Å². The molecule has 1 radical (unpaired) electrons. The summed E-state index contributed by atoms with van der Waals surface area (Å²) in [7, 11) is 1.63. The molecule has 0 spiro atoms. The lowest BCUT2D eigenvalue weighted by Crippen LogP contribution is -1.91. The molecule has 0 atom stereocenters. The molecule has 0 fully saturated rings. The van der Waals surface area contributed by atoms with Crippen molar-refractivity contribution in [2.24, 2.45) is 0 Å². The number of methoxy groups -OCH3 is 1. The summed E-state index contributed by atoms with van der Waals surface area (Å²) in [5, 5.41) is 2.84. The molecule has 0 aliphatic rings. The minimum atomic E-state index is 0.795. The van der Waals surface area contributed by atoms with Crippen LogP contribution in [-0.2, 0) is 0 Å². The minimum Gasteiger partial charge on any atom is -0.495 e. The zero-order valence-corrected chi connectivity index (χ0v) is 6.42. The Kier molecular flexibility index (Phi) is 2.55. The summed E-state index contributed by atoms with van der Waals surface area (Å²) in [5.74, 6) is 0.795. The topological polar surface area (TPSA) is 21.3 Å². The van der Waals surface area contributed by atoms with E-state index in [1.165, 1.54) is 0 Å². The van der Waals surface area contributed by atoms with E-state index in [-0.39, 0.29) is 0 Å². The molecule has 2 nitrogen and oxygen atoms in total. The normalized spacial score (nSPS) is 8.82. The first-order chi connectivity index (χ1) is 5.38. The number of nitrogens with one attached hydrogen (secondary N) is 1. The van der Waals surface area contributed by atoms with Crippen molar-refractivity contribution in [3.8, 4) is 5.75 Å². The van der Waals surface area contributed by atoms with Gasteiger partial charge in [-0.1, -0.05) is 18.7 Å². The van der Waals surface area contributed by atoms with Crippen LogP contribution in [0.2, 0.25) is 0 Å². The third-order valence-corrected chi connectivity index (χ3v) is 1.33. The molecule has 0 saturated carbocycles. The van der Waals surface area contributed by atoms with E-state index in [9.17, 15) is 0 Å². The van der Waals surface area contributed by atoms with E-state index in [4.69, 9.17) is 4.74 Å². The van der Waals surface area contributed by atoms with Crippen LogP contribution >= 0.6 is 0 Å². The molecule has 2 heteroatoms. The van der Waals surface area contributed by atoms with Gasteiger partial charge in [0.05, 0.1) is 19.0 Å². The Bertz CT molecular complexity index is 245. The second kappa shape index (κ2) is 3.66. The van der Waals surface area contributed by atoms with Gasteiger partial charge in [-0.05, 0) is 12.1 Å². The van der Waals surface area contributed by atoms with Gasteiger partial charge in [0, 0.05) is 0 Å². The van der Waals surface area contributed by atoms with Crippen LogP contribution in [0.4, 0.5) is 5.69 Å². The predicted octanol–water partition coefficient (Wildman–Crippen LogP) is 2.05. The van der Waals surface area contributed by atoms with Crippen molar-refractivity contribution in [3.63, 3.8) is 0 Å². The van der Waals surface area contributed by atoms with Crippen molar-refractivity contribution in [2.45, 2.75) is 0 Å². The highest BCUT2D eigenvalue weighted by Gasteiger charge is 1.96. The van der Waals surface area contributed by atoms with Gasteiger partial charge >= 0.3 is 0 Å². The smallest absolute Gasteiger partial charge is 0.142 e. The number of para-hydroxylation sites is 2. The van der Waals surface area contributed by atoms with Gasteiger partial charge in [0.2, 0.25) is 0 Å². The molecule has 1 aromatic carbocycles. The molecule has 0 amide bonds. The van der Waals surface area contributed by atoms with Crippen LogP contribution < -0.4 is 10.1 Å². The molecule has 0 aliphatic heterocycles. The van der Waals surface area contributed by atoms with E-state index in [2.05, 4.69) is 18.1 Å². The number of rotatable bonds is 3. The van der Waals surface area contributed by atoms with Crippen LogP contribution in [0.1, 0.15) is 0 Å². The standard InChI is InChI=1S/C9H10NO/c1-3-10-8-6-4-5-7-9(8)11-2/h4-7,10H,1H2,2H3. The van der Waals surface area contributed by atoms with Gasteiger partial charge in [0.15, 0.2) is 0 Å². The van der Waals surface area contributed by atoms with Crippen molar-refractivity contribution in [3.05, 3.63) is 37.0 Å². The monoisotopic (exact) mass is 148 g/mol. The molecule has 1 aromatic rings. The average Bonchev–Trinajstić information content (AvgIpc) is 2.06. The second-order valence-corrected chi connectivity index (χ2v) is 2.00. The molecule has 0 aromatic heterocycles. The quantitative estimate of drug-likeness (QED) is 0.662. The van der Waals surface area contributed by atoms with Gasteiger partial charge in [0.1, 0.15) is 5.75 Å². The Balaban J connectivity index is 2.92. The first-order valence-corrected chi connectivity index (χ1v) is 3.29. The number of benzene rings is 1. The molecule has 57 valence electrons. The highest BCUT2D eigenvalue weighted by Crippen LogP contribution is 2.22. The van der Waals surface area contributed by atoms with Crippen LogP contribution in [0.25, 0.3) is 0 Å². The number of hydrogen-bond donors (Lipinski definition) is 1. The molecule has 1 rings (SSSR count). The summed E-state index contributed by atoms with van der Waals surface area (Å²) in [5.41, 5.74) is 0.880. The SMILES string of the molecule is C=[C]Nc1ccccc1OC. The molecule has 0 bridgehead atoms. The Morgan fingerprint density at radius 2 is 2.18 bits per heavy atom. The molecule has 1 N–H and O–H groups in total. The van der Waals surface area contributed by atoms with Gasteiger partial charge in [-0.25, -0.2) is 0 Å². The van der Waals surface area contributed by atoms with Gasteiger partial charge < -0.3 is 10.1 Å². The zero-order valence-electron chi connectivity index (χ0n) is 6.42. The molecule has 11 heavy (non-hydrogen) atoms.